The van der Waals surface area contributed by atoms with Crippen LogP contribution in [0.25, 0.3) is 0 Å². The molecule has 17 heavy (non-hydrogen) atoms. The van der Waals surface area contributed by atoms with Gasteiger partial charge in [-0.15, -0.1) is 0 Å². The number of alkyl halides is 2. The van der Waals surface area contributed by atoms with Crippen molar-refractivity contribution in [1.82, 2.24) is 4.98 Å². The van der Waals surface area contributed by atoms with Crippen molar-refractivity contribution >= 4 is 5.97 Å². The maximum absolute atomic E-state index is 12.8. The summed E-state index contributed by atoms with van der Waals surface area (Å²) in [4.78, 5) is 14.1. The molecule has 0 atom stereocenters. The number of pyridine rings is 1. The Morgan fingerprint density at radius 2 is 2.29 bits per heavy atom. The van der Waals surface area contributed by atoms with Gasteiger partial charge in [-0.1, -0.05) is 0 Å². The van der Waals surface area contributed by atoms with E-state index in [0.29, 0.717) is 0 Å². The van der Waals surface area contributed by atoms with Crippen LogP contribution in [-0.4, -0.2) is 16.1 Å². The van der Waals surface area contributed by atoms with Crippen LogP contribution in [0.15, 0.2) is 6.07 Å². The molecule has 0 spiro atoms. The number of nitriles is 1. The largest absolute Gasteiger partial charge is 0.481 e. The first-order valence-electron chi connectivity index (χ1n) is 4.62. The summed E-state index contributed by atoms with van der Waals surface area (Å²) in [7, 11) is 0. The number of aromatic nitrogens is 1. The maximum atomic E-state index is 12.8. The molecule has 90 valence electrons. The van der Waals surface area contributed by atoms with Crippen LogP contribution in [0.2, 0.25) is 0 Å². The molecule has 5 nitrogen and oxygen atoms in total. The third kappa shape index (κ3) is 2.95. The molecule has 0 bridgehead atoms. The minimum atomic E-state index is -2.87. The molecule has 0 saturated carbocycles. The summed E-state index contributed by atoms with van der Waals surface area (Å²) >= 11 is 0. The molecule has 1 heterocycles. The van der Waals surface area contributed by atoms with Gasteiger partial charge in [0.15, 0.2) is 0 Å². The van der Waals surface area contributed by atoms with Gasteiger partial charge in [-0.3, -0.25) is 4.79 Å². The fraction of sp³-hybridized carbons (Fsp3) is 0.300. The Hall–Kier alpha value is -2.07. The average molecular weight is 241 g/mol. The van der Waals surface area contributed by atoms with Crippen LogP contribution in [-0.2, 0) is 17.8 Å². The van der Waals surface area contributed by atoms with Crippen LogP contribution in [0, 0.1) is 11.3 Å². The van der Waals surface area contributed by atoms with Gasteiger partial charge in [-0.25, -0.2) is 13.8 Å². The van der Waals surface area contributed by atoms with Crippen molar-refractivity contribution in [3.05, 3.63) is 28.6 Å². The second-order valence-corrected chi connectivity index (χ2v) is 3.21. The molecule has 0 radical (unpaired) electrons. The summed E-state index contributed by atoms with van der Waals surface area (Å²) in [5.74, 6) is -1.29. The smallest absolute Gasteiger partial charge is 0.309 e. The highest BCUT2D eigenvalue weighted by atomic mass is 19.3. The summed E-state index contributed by atoms with van der Waals surface area (Å²) < 4.78 is 25.6. The van der Waals surface area contributed by atoms with Gasteiger partial charge < -0.3 is 10.8 Å². The van der Waals surface area contributed by atoms with E-state index in [1.54, 1.807) is 6.07 Å². The minimum Gasteiger partial charge on any atom is -0.481 e. The summed E-state index contributed by atoms with van der Waals surface area (Å²) in [6.45, 7) is -0.205. The number of carboxylic acids is 1. The predicted molar refractivity (Wildman–Crippen MR) is 53.1 cm³/mol. The molecule has 0 aliphatic rings. The van der Waals surface area contributed by atoms with Crippen LogP contribution < -0.4 is 5.73 Å². The summed E-state index contributed by atoms with van der Waals surface area (Å²) in [6.07, 6.45) is -3.54. The zero-order valence-corrected chi connectivity index (χ0v) is 8.65. The molecule has 7 heteroatoms. The highest BCUT2D eigenvalue weighted by molar-refractivity contribution is 5.70. The molecule has 1 rings (SSSR count). The lowest BCUT2D eigenvalue weighted by molar-refractivity contribution is -0.136. The monoisotopic (exact) mass is 241 g/mol. The number of hydrogen-bond acceptors (Lipinski definition) is 4. The van der Waals surface area contributed by atoms with Crippen LogP contribution >= 0.6 is 0 Å². The van der Waals surface area contributed by atoms with E-state index in [1.807, 2.05) is 0 Å². The number of nitrogens with zero attached hydrogens (tertiary/aromatic N) is 2. The normalized spacial score (nSPS) is 10.3. The van der Waals surface area contributed by atoms with Crippen molar-refractivity contribution < 1.29 is 18.7 Å². The number of aliphatic carboxylic acids is 1. The molecule has 1 aromatic heterocycles. The number of halogens is 2. The molecule has 0 aliphatic heterocycles. The maximum Gasteiger partial charge on any atom is 0.309 e. The lowest BCUT2D eigenvalue weighted by Crippen LogP contribution is -2.12. The van der Waals surface area contributed by atoms with Crippen molar-refractivity contribution in [2.24, 2.45) is 5.73 Å². The Labute approximate surface area is 95.5 Å². The molecule has 0 unspecified atom stereocenters. The lowest BCUT2D eigenvalue weighted by Gasteiger charge is -2.11. The number of rotatable bonds is 4. The Morgan fingerprint density at radius 1 is 1.65 bits per heavy atom. The van der Waals surface area contributed by atoms with E-state index in [2.05, 4.69) is 4.98 Å². The standard InChI is InChI=1S/C10H9F2N3O2/c11-10(12)9-5(3-13)1-6(4-14)15-7(9)2-8(16)17/h1,10H,2-3,13H2,(H,16,17). The zero-order chi connectivity index (χ0) is 13.0. The number of carboxylic acid groups (broad SMARTS) is 1. The van der Waals surface area contributed by atoms with E-state index in [-0.39, 0.29) is 23.5 Å². The Morgan fingerprint density at radius 3 is 2.71 bits per heavy atom. The zero-order valence-electron chi connectivity index (χ0n) is 8.65. The summed E-state index contributed by atoms with van der Waals surface area (Å²) in [6, 6.07) is 2.82. The van der Waals surface area contributed by atoms with Gasteiger partial charge in [0.1, 0.15) is 11.8 Å². The fourth-order valence-corrected chi connectivity index (χ4v) is 1.44. The molecule has 0 aromatic carbocycles. The Kier molecular flexibility index (Phi) is 4.06. The van der Waals surface area contributed by atoms with Gasteiger partial charge >= 0.3 is 5.97 Å². The van der Waals surface area contributed by atoms with Crippen molar-refractivity contribution in [3.8, 4) is 6.07 Å². The molecular weight excluding hydrogens is 232 g/mol. The SMILES string of the molecule is N#Cc1cc(CN)c(C(F)F)c(CC(=O)O)n1. The summed E-state index contributed by atoms with van der Waals surface area (Å²) in [5.41, 5.74) is 4.41. The third-order valence-corrected chi connectivity index (χ3v) is 2.09. The number of carbonyl (C=O) groups is 1. The third-order valence-electron chi connectivity index (χ3n) is 2.09. The molecule has 0 amide bonds. The van der Waals surface area contributed by atoms with Crippen LogP contribution in [0.4, 0.5) is 8.78 Å². The van der Waals surface area contributed by atoms with Crippen LogP contribution in [0.1, 0.15) is 28.9 Å². The highest BCUT2D eigenvalue weighted by Gasteiger charge is 2.21. The summed E-state index contributed by atoms with van der Waals surface area (Å²) in [5, 5.41) is 17.3. The Bertz CT molecular complexity index is 483. The van der Waals surface area contributed by atoms with Crippen molar-refractivity contribution in [1.29, 1.82) is 5.26 Å². The topological polar surface area (TPSA) is 100 Å². The van der Waals surface area contributed by atoms with Crippen molar-refractivity contribution in [2.75, 3.05) is 0 Å². The van der Waals surface area contributed by atoms with E-state index < -0.39 is 24.4 Å². The molecular formula is C10H9F2N3O2. The van der Waals surface area contributed by atoms with Crippen molar-refractivity contribution in [2.45, 2.75) is 19.4 Å². The first-order chi connectivity index (χ1) is 7.99. The fourth-order valence-electron chi connectivity index (χ4n) is 1.44. The van der Waals surface area contributed by atoms with Gasteiger partial charge in [0, 0.05) is 12.1 Å². The van der Waals surface area contributed by atoms with E-state index >= 15 is 0 Å². The predicted octanol–water partition coefficient (Wildman–Crippen LogP) is 0.977. The van der Waals surface area contributed by atoms with E-state index in [0.717, 1.165) is 6.07 Å². The molecule has 0 fully saturated rings. The van der Waals surface area contributed by atoms with Gasteiger partial charge in [0.2, 0.25) is 0 Å². The van der Waals surface area contributed by atoms with E-state index in [1.165, 1.54) is 0 Å². The molecule has 0 saturated heterocycles. The number of nitrogens with two attached hydrogens (primary N) is 1. The average Bonchev–Trinajstić information content (AvgIpc) is 2.26. The minimum absolute atomic E-state index is 0.0443. The van der Waals surface area contributed by atoms with Crippen LogP contribution in [0.5, 0.6) is 0 Å². The second kappa shape index (κ2) is 5.32. The van der Waals surface area contributed by atoms with E-state index in [4.69, 9.17) is 16.1 Å². The number of hydrogen-bond donors (Lipinski definition) is 2. The molecule has 3 N–H and O–H groups in total. The van der Waals surface area contributed by atoms with Gasteiger partial charge in [-0.2, -0.15) is 5.26 Å². The first kappa shape index (κ1) is 13.0. The van der Waals surface area contributed by atoms with Crippen molar-refractivity contribution in [3.63, 3.8) is 0 Å². The van der Waals surface area contributed by atoms with Gasteiger partial charge in [-0.05, 0) is 11.6 Å². The van der Waals surface area contributed by atoms with E-state index in [9.17, 15) is 13.6 Å². The van der Waals surface area contributed by atoms with Gasteiger partial charge in [0.05, 0.1) is 12.1 Å². The van der Waals surface area contributed by atoms with Gasteiger partial charge in [0.25, 0.3) is 6.43 Å². The molecule has 1 aromatic rings. The quantitative estimate of drug-likeness (QED) is 0.818. The second-order valence-electron chi connectivity index (χ2n) is 3.21. The van der Waals surface area contributed by atoms with Crippen LogP contribution in [0.3, 0.4) is 0 Å². The first-order valence-corrected chi connectivity index (χ1v) is 4.62. The lowest BCUT2D eigenvalue weighted by atomic mass is 10.0. The highest BCUT2D eigenvalue weighted by Crippen LogP contribution is 2.26. The Balaban J connectivity index is 3.41. The molecule has 0 aliphatic carbocycles.